The molecule has 0 saturated carbocycles. The maximum Gasteiger partial charge on any atom is 0.226 e. The van der Waals surface area contributed by atoms with E-state index in [9.17, 15) is 9.90 Å². The molecular formula is C32H35ClN6O3. The molecule has 4 aromatic rings. The molecule has 0 unspecified atom stereocenters. The number of nitrogens with two attached hydrogens (primary N) is 1. The highest BCUT2D eigenvalue weighted by atomic mass is 35.5. The van der Waals surface area contributed by atoms with Gasteiger partial charge in [-0.15, -0.1) is 5.10 Å². The Labute approximate surface area is 249 Å². The van der Waals surface area contributed by atoms with Gasteiger partial charge in [0.2, 0.25) is 5.91 Å². The second-order valence-electron chi connectivity index (χ2n) is 11.4. The number of fused-ring (bicyclic) bond motifs is 5. The van der Waals surface area contributed by atoms with E-state index < -0.39 is 0 Å². The molecule has 2 bridgehead atoms. The number of unbranched alkanes of at least 4 members (excludes halogenated alkanes) is 1. The molecule has 218 valence electrons. The zero-order valence-corrected chi connectivity index (χ0v) is 24.4. The van der Waals surface area contributed by atoms with Gasteiger partial charge >= 0.3 is 0 Å². The number of ether oxygens (including phenoxy) is 1. The van der Waals surface area contributed by atoms with Crippen molar-refractivity contribution in [3.8, 4) is 11.5 Å². The summed E-state index contributed by atoms with van der Waals surface area (Å²) in [6, 6.07) is 10.8. The fourth-order valence-electron chi connectivity index (χ4n) is 6.39. The van der Waals surface area contributed by atoms with E-state index in [0.717, 1.165) is 72.9 Å². The summed E-state index contributed by atoms with van der Waals surface area (Å²) in [5, 5.41) is 22.7. The summed E-state index contributed by atoms with van der Waals surface area (Å²) in [7, 11) is 1.49. The molecule has 2 aliphatic carbocycles. The number of halogens is 1. The van der Waals surface area contributed by atoms with Crippen LogP contribution in [0.1, 0.15) is 60.5 Å². The zero-order chi connectivity index (χ0) is 29.2. The Kier molecular flexibility index (Phi) is 8.02. The van der Waals surface area contributed by atoms with Crippen LogP contribution in [-0.2, 0) is 30.7 Å². The number of rotatable bonds is 10. The minimum Gasteiger partial charge on any atom is -0.504 e. The first kappa shape index (κ1) is 28.0. The van der Waals surface area contributed by atoms with Gasteiger partial charge < -0.3 is 20.9 Å². The Morgan fingerprint density at radius 3 is 2.95 bits per heavy atom. The van der Waals surface area contributed by atoms with E-state index in [1.165, 1.54) is 18.2 Å². The first-order valence-electron chi connectivity index (χ1n) is 14.4. The van der Waals surface area contributed by atoms with E-state index in [4.69, 9.17) is 27.1 Å². The van der Waals surface area contributed by atoms with Crippen molar-refractivity contribution >= 4 is 34.1 Å². The summed E-state index contributed by atoms with van der Waals surface area (Å²) < 4.78 is 6.94. The number of pyridine rings is 1. The number of phenolic OH excluding ortho intramolecular Hbond substituents is 1. The van der Waals surface area contributed by atoms with Crippen LogP contribution in [0.4, 0.5) is 5.69 Å². The van der Waals surface area contributed by atoms with Gasteiger partial charge in [0, 0.05) is 46.6 Å². The zero-order valence-electron chi connectivity index (χ0n) is 23.6. The minimum atomic E-state index is -0.141. The number of anilines is 1. The first-order chi connectivity index (χ1) is 20.4. The molecule has 0 aliphatic heterocycles. The van der Waals surface area contributed by atoms with E-state index in [1.54, 1.807) is 18.2 Å². The van der Waals surface area contributed by atoms with E-state index >= 15 is 0 Å². The Morgan fingerprint density at radius 2 is 2.10 bits per heavy atom. The van der Waals surface area contributed by atoms with Crippen molar-refractivity contribution in [1.29, 1.82) is 0 Å². The number of phenols is 1. The van der Waals surface area contributed by atoms with Crippen LogP contribution in [0, 0.1) is 5.92 Å². The van der Waals surface area contributed by atoms with Crippen LogP contribution < -0.4 is 15.8 Å². The summed E-state index contributed by atoms with van der Waals surface area (Å²) in [5.74, 6) is 1.23. The molecule has 2 aromatic heterocycles. The molecule has 10 heteroatoms. The predicted molar refractivity (Wildman–Crippen MR) is 162 cm³/mol. The number of amides is 1. The van der Waals surface area contributed by atoms with Crippen molar-refractivity contribution in [3.05, 3.63) is 81.8 Å². The van der Waals surface area contributed by atoms with Crippen molar-refractivity contribution in [2.75, 3.05) is 12.8 Å². The van der Waals surface area contributed by atoms with Crippen LogP contribution in [0.2, 0.25) is 5.02 Å². The van der Waals surface area contributed by atoms with Crippen molar-refractivity contribution in [3.63, 3.8) is 0 Å². The smallest absolute Gasteiger partial charge is 0.226 e. The molecule has 2 aromatic carbocycles. The van der Waals surface area contributed by atoms with Gasteiger partial charge in [0.1, 0.15) is 0 Å². The Hall–Kier alpha value is -4.11. The van der Waals surface area contributed by atoms with Crippen LogP contribution in [0.3, 0.4) is 0 Å². The molecule has 2 atom stereocenters. The number of nitrogen functional groups attached to an aromatic ring is 1. The lowest BCUT2D eigenvalue weighted by atomic mass is 9.70. The molecule has 4 N–H and O–H groups in total. The number of aromatic nitrogens is 4. The maximum absolute atomic E-state index is 12.4. The molecule has 0 saturated heterocycles. The topological polar surface area (TPSA) is 128 Å². The Balaban J connectivity index is 0.973. The average molecular weight is 587 g/mol. The third kappa shape index (κ3) is 6.06. The molecule has 6 rings (SSSR count). The van der Waals surface area contributed by atoms with Gasteiger partial charge in [0.15, 0.2) is 11.5 Å². The number of methoxy groups -OCH3 is 1. The van der Waals surface area contributed by atoms with Crippen LogP contribution in [0.15, 0.2) is 54.2 Å². The number of aromatic hydroxyl groups is 1. The molecule has 0 fully saturated rings. The molecule has 2 aliphatic rings. The van der Waals surface area contributed by atoms with Crippen molar-refractivity contribution in [1.82, 2.24) is 25.3 Å². The molecule has 1 amide bonds. The maximum atomic E-state index is 12.4. The largest absolute Gasteiger partial charge is 0.504 e. The van der Waals surface area contributed by atoms with Gasteiger partial charge in [0.05, 0.1) is 24.7 Å². The lowest BCUT2D eigenvalue weighted by Gasteiger charge is -2.36. The highest BCUT2D eigenvalue weighted by Gasteiger charge is 2.33. The number of hydrogen-bond donors (Lipinski definition) is 3. The van der Waals surface area contributed by atoms with Gasteiger partial charge in [-0.2, -0.15) is 0 Å². The SMILES string of the molecule is COc1cc(CNC(=O)Cc2cn(CCCCC3=C[C@@H]4Cc5nc6cc(Cl)ccc6c(N)c5[C@H](C3)C4)nn2)ccc1O. The highest BCUT2D eigenvalue weighted by Crippen LogP contribution is 2.47. The normalized spacial score (nSPS) is 17.5. The predicted octanol–water partition coefficient (Wildman–Crippen LogP) is 5.48. The molecular weight excluding hydrogens is 552 g/mol. The number of allylic oxidation sites excluding steroid dienone is 2. The van der Waals surface area contributed by atoms with Crippen molar-refractivity contribution < 1.29 is 14.6 Å². The fourth-order valence-corrected chi connectivity index (χ4v) is 6.55. The second-order valence-corrected chi connectivity index (χ2v) is 11.8. The third-order valence-electron chi connectivity index (χ3n) is 8.33. The van der Waals surface area contributed by atoms with E-state index in [0.29, 0.717) is 34.8 Å². The lowest BCUT2D eigenvalue weighted by molar-refractivity contribution is -0.120. The monoisotopic (exact) mass is 586 g/mol. The number of nitrogens with one attached hydrogen (secondary N) is 1. The second kappa shape index (κ2) is 12.0. The Morgan fingerprint density at radius 1 is 1.21 bits per heavy atom. The van der Waals surface area contributed by atoms with E-state index in [1.807, 2.05) is 29.1 Å². The van der Waals surface area contributed by atoms with E-state index in [2.05, 4.69) is 21.7 Å². The summed E-state index contributed by atoms with van der Waals surface area (Å²) in [6.45, 7) is 1.09. The van der Waals surface area contributed by atoms with Gasteiger partial charge in [-0.05, 0) is 86.3 Å². The van der Waals surface area contributed by atoms with E-state index in [-0.39, 0.29) is 18.1 Å². The van der Waals surface area contributed by atoms with Crippen LogP contribution in [0.25, 0.3) is 10.9 Å². The van der Waals surface area contributed by atoms with Gasteiger partial charge in [0.25, 0.3) is 0 Å². The number of carbonyl (C=O) groups excluding carboxylic acids is 1. The molecule has 0 radical (unpaired) electrons. The number of carbonyl (C=O) groups is 1. The third-order valence-corrected chi connectivity index (χ3v) is 8.57. The molecule has 42 heavy (non-hydrogen) atoms. The summed E-state index contributed by atoms with van der Waals surface area (Å²) in [5.41, 5.74) is 13.8. The fraction of sp³-hybridized carbons (Fsp3) is 0.375. The summed E-state index contributed by atoms with van der Waals surface area (Å²) in [4.78, 5) is 17.4. The Bertz CT molecular complexity index is 1670. The van der Waals surface area contributed by atoms with Gasteiger partial charge in [-0.1, -0.05) is 34.5 Å². The standard InChI is InChI=1S/C32H35ClN6O3/c1-42-29-14-20(5-8-28(29)40)17-35-30(41)16-24-18-39(38-37-24)9-3-2-4-19-10-21-12-22(11-19)31-27(13-21)36-26-15-23(33)6-7-25(26)32(31)34/h5-8,10,14-15,18,21-22,40H,2-4,9,11-13,16-17H2,1H3,(H2,34,36)(H,35,41)/t21-,22+/m0/s1. The minimum absolute atomic E-state index is 0.0657. The molecule has 9 nitrogen and oxygen atoms in total. The number of hydrogen-bond acceptors (Lipinski definition) is 7. The van der Waals surface area contributed by atoms with Gasteiger partial charge in [-0.25, -0.2) is 0 Å². The molecule has 0 spiro atoms. The number of benzene rings is 2. The van der Waals surface area contributed by atoms with Crippen molar-refractivity contribution in [2.45, 2.75) is 64.0 Å². The highest BCUT2D eigenvalue weighted by molar-refractivity contribution is 6.31. The van der Waals surface area contributed by atoms with Crippen LogP contribution in [0.5, 0.6) is 11.5 Å². The van der Waals surface area contributed by atoms with Crippen LogP contribution in [-0.4, -0.2) is 38.1 Å². The molecule has 2 heterocycles. The lowest BCUT2D eigenvalue weighted by Crippen LogP contribution is -2.24. The average Bonchev–Trinajstić information content (AvgIpc) is 3.41. The number of nitrogens with zero attached hydrogens (tertiary/aromatic N) is 4. The van der Waals surface area contributed by atoms with Crippen molar-refractivity contribution in [2.24, 2.45) is 5.92 Å². The first-order valence-corrected chi connectivity index (χ1v) is 14.8. The summed E-state index contributed by atoms with van der Waals surface area (Å²) in [6.07, 6.45) is 10.7. The quantitative estimate of drug-likeness (QED) is 0.166. The van der Waals surface area contributed by atoms with Crippen LogP contribution >= 0.6 is 11.6 Å². The number of aryl methyl sites for hydroxylation is 1. The van der Waals surface area contributed by atoms with Gasteiger partial charge in [-0.3, -0.25) is 14.5 Å². The summed E-state index contributed by atoms with van der Waals surface area (Å²) >= 11 is 6.21.